The van der Waals surface area contributed by atoms with Crippen molar-refractivity contribution in [3.05, 3.63) is 12.7 Å². The van der Waals surface area contributed by atoms with Crippen LogP contribution in [0, 0.1) is 5.41 Å². The quantitative estimate of drug-likeness (QED) is 0.0468. The number of rotatable bonds is 23. The molecule has 2 aromatic rings. The molecule has 0 spiro atoms. The lowest BCUT2D eigenvalue weighted by molar-refractivity contribution is -0.137. The highest BCUT2D eigenvalue weighted by atomic mass is 32.2. The van der Waals surface area contributed by atoms with Crippen LogP contribution in [0.5, 0.6) is 0 Å². The van der Waals surface area contributed by atoms with Crippen molar-refractivity contribution in [2.45, 2.75) is 63.8 Å². The smallest absolute Gasteiger partial charge is 0.386 e. The van der Waals surface area contributed by atoms with Crippen molar-refractivity contribution >= 4 is 64.0 Å². The Morgan fingerprint density at radius 3 is 2.43 bits per heavy atom. The predicted octanol–water partition coefficient (Wildman–Crippen LogP) is -1.12. The van der Waals surface area contributed by atoms with E-state index in [-0.39, 0.29) is 35.9 Å². The second kappa shape index (κ2) is 19.6. The molecular weight excluding hydrogens is 793 g/mol. The summed E-state index contributed by atoms with van der Waals surface area (Å²) in [6.45, 7) is 1.50. The Hall–Kier alpha value is -2.15. The Balaban J connectivity index is 1.51. The molecule has 302 valence electrons. The number of thioether (sulfide) groups is 1. The summed E-state index contributed by atoms with van der Waals surface area (Å²) in [5.74, 6) is 0.333. The largest absolute Gasteiger partial charge is 0.481 e. The molecule has 12 N–H and O–H groups in total. The minimum atomic E-state index is -5.55. The molecule has 0 aliphatic carbocycles. The van der Waals surface area contributed by atoms with Gasteiger partial charge in [0.1, 0.15) is 36.3 Å². The third-order valence-corrected chi connectivity index (χ3v) is 11.6. The minimum Gasteiger partial charge on any atom is -0.386 e. The average Bonchev–Trinajstić information content (AvgIpc) is 3.62. The molecule has 0 saturated carbocycles. The molecule has 3 heterocycles. The molecule has 0 bridgehead atoms. The monoisotopic (exact) mass is 838 g/mol. The molecule has 1 saturated heterocycles. The van der Waals surface area contributed by atoms with Gasteiger partial charge in [0.25, 0.3) is 0 Å². The third kappa shape index (κ3) is 14.1. The number of aliphatic hydroxyl groups excluding tert-OH is 2. The zero-order valence-electron chi connectivity index (χ0n) is 28.6. The van der Waals surface area contributed by atoms with Gasteiger partial charge in [0, 0.05) is 30.7 Å². The summed E-state index contributed by atoms with van der Waals surface area (Å²) in [7, 11) is -16.3. The highest BCUT2D eigenvalue weighted by Gasteiger charge is 2.50. The van der Waals surface area contributed by atoms with E-state index in [9.17, 15) is 53.1 Å². The maximum atomic E-state index is 12.6. The molecule has 1 aliphatic rings. The number of hydrogen-bond donors (Lipinski definition) is 10. The van der Waals surface area contributed by atoms with E-state index >= 15 is 0 Å². The van der Waals surface area contributed by atoms with Gasteiger partial charge in [-0.25, -0.2) is 28.6 Å². The number of nitrogens with one attached hydrogen (secondary N) is 2. The highest BCUT2D eigenvalue weighted by molar-refractivity contribution is 7.99. The fraction of sp³-hybridized carbons (Fsp3) is 0.720. The number of carbonyl (C=O) groups is 2. The molecule has 2 amide bonds. The Kier molecular flexibility index (Phi) is 16.8. The van der Waals surface area contributed by atoms with E-state index in [1.54, 1.807) is 11.8 Å². The van der Waals surface area contributed by atoms with Gasteiger partial charge in [-0.05, 0) is 25.1 Å². The van der Waals surface area contributed by atoms with Crippen molar-refractivity contribution < 1.29 is 75.7 Å². The lowest BCUT2D eigenvalue weighted by atomic mass is 9.87. The lowest BCUT2D eigenvalue weighted by Gasteiger charge is -2.30. The molecule has 2 aromatic heterocycles. The Morgan fingerprint density at radius 1 is 1.06 bits per heavy atom. The summed E-state index contributed by atoms with van der Waals surface area (Å²) in [6.07, 6.45) is -4.82. The third-order valence-electron chi connectivity index (χ3n) is 7.39. The van der Waals surface area contributed by atoms with Crippen LogP contribution < -0.4 is 22.1 Å². The number of aromatic nitrogens is 4. The van der Waals surface area contributed by atoms with E-state index in [1.165, 1.54) is 13.8 Å². The number of carbonyl (C=O) groups excluding carboxylic acids is 2. The van der Waals surface area contributed by atoms with Crippen LogP contribution in [0.15, 0.2) is 12.7 Å². The first-order valence-electron chi connectivity index (χ1n) is 15.8. The van der Waals surface area contributed by atoms with Gasteiger partial charge in [-0.2, -0.15) is 16.1 Å². The minimum absolute atomic E-state index is 0.0357. The van der Waals surface area contributed by atoms with Gasteiger partial charge in [-0.15, -0.1) is 0 Å². The first-order valence-corrected chi connectivity index (χ1v) is 21.5. The van der Waals surface area contributed by atoms with Gasteiger partial charge in [0.2, 0.25) is 11.8 Å². The fourth-order valence-electron chi connectivity index (χ4n) is 4.65. The summed E-state index contributed by atoms with van der Waals surface area (Å²) in [5.41, 5.74) is 9.75. The zero-order valence-corrected chi connectivity index (χ0v) is 32.1. The van der Waals surface area contributed by atoms with Gasteiger partial charge >= 0.3 is 23.5 Å². The molecule has 3 rings (SSSR count). The van der Waals surface area contributed by atoms with Crippen LogP contribution in [-0.2, 0) is 45.9 Å². The number of hydrogen-bond acceptors (Lipinski definition) is 18. The molecular formula is C25H45N8O16P3S. The number of nitrogens with zero attached hydrogens (tertiary/aromatic N) is 4. The van der Waals surface area contributed by atoms with E-state index < -0.39 is 78.6 Å². The molecule has 0 aromatic carbocycles. The number of nitrogens with two attached hydrogens (primary N) is 2. The SMILES string of the molecule is CC(C)(COP(=O)(O)OP(=O)(O)OC[C@H]1O[C@@H](n2cnc3c(N)ncnc32)[C@H](O)[C@@H]1OP(=O)(O)O)[C@@H](O)C(=O)NCCC(=O)NCCSCCCCN. The van der Waals surface area contributed by atoms with Gasteiger partial charge in [0.15, 0.2) is 17.7 Å². The van der Waals surface area contributed by atoms with Gasteiger partial charge in [0.05, 0.1) is 19.5 Å². The van der Waals surface area contributed by atoms with Crippen molar-refractivity contribution in [2.24, 2.45) is 11.1 Å². The first-order chi connectivity index (χ1) is 24.7. The number of fused-ring (bicyclic) bond motifs is 1. The summed E-state index contributed by atoms with van der Waals surface area (Å²) in [4.78, 5) is 75.4. The molecule has 28 heteroatoms. The van der Waals surface area contributed by atoms with E-state index in [0.717, 1.165) is 35.8 Å². The molecule has 24 nitrogen and oxygen atoms in total. The van der Waals surface area contributed by atoms with Gasteiger partial charge < -0.3 is 56.6 Å². The van der Waals surface area contributed by atoms with Crippen LogP contribution in [-0.4, -0.2) is 130 Å². The molecule has 2 unspecified atom stereocenters. The van der Waals surface area contributed by atoms with Crippen molar-refractivity contribution in [2.75, 3.05) is 50.1 Å². The summed E-state index contributed by atoms with van der Waals surface area (Å²) < 4.78 is 62.0. The van der Waals surface area contributed by atoms with E-state index in [4.69, 9.17) is 25.3 Å². The summed E-state index contributed by atoms with van der Waals surface area (Å²) in [6, 6.07) is 0. The van der Waals surface area contributed by atoms with Crippen LogP contribution in [0.4, 0.5) is 5.82 Å². The second-order valence-electron chi connectivity index (χ2n) is 12.2. The van der Waals surface area contributed by atoms with E-state index in [0.29, 0.717) is 18.8 Å². The number of amides is 2. The van der Waals surface area contributed by atoms with E-state index in [1.807, 2.05) is 0 Å². The maximum Gasteiger partial charge on any atom is 0.481 e. The van der Waals surface area contributed by atoms with Crippen LogP contribution in [0.1, 0.15) is 39.3 Å². The molecule has 1 fully saturated rings. The molecule has 0 radical (unpaired) electrons. The van der Waals surface area contributed by atoms with Gasteiger partial charge in [-0.1, -0.05) is 13.8 Å². The lowest BCUT2D eigenvalue weighted by Crippen LogP contribution is -2.46. The fourth-order valence-corrected chi connectivity index (χ4v) is 8.34. The number of aliphatic hydroxyl groups is 2. The Morgan fingerprint density at radius 2 is 1.75 bits per heavy atom. The predicted molar refractivity (Wildman–Crippen MR) is 185 cm³/mol. The van der Waals surface area contributed by atoms with Crippen LogP contribution in [0.25, 0.3) is 11.2 Å². The maximum absolute atomic E-state index is 12.6. The number of nitrogen functional groups attached to an aromatic ring is 1. The first kappa shape index (κ1) is 45.2. The average molecular weight is 839 g/mol. The van der Waals surface area contributed by atoms with Crippen LogP contribution in [0.3, 0.4) is 0 Å². The number of imidazole rings is 1. The standard InChI is InChI=1S/C25H45N8O16P3S/c1-25(2,20(36)23(37)29-7-5-16(34)28-8-10-53-9-4-3-6-26)12-46-52(43,44)49-51(41,42)45-11-15-19(48-50(38,39)40)18(35)24(47-15)33-14-32-17-21(27)30-13-31-22(17)33/h13-15,18-20,24,35-36H,3-12,26H2,1-2H3,(H,28,34)(H,29,37)(H,41,42)(H,43,44)(H2,27,30,31)(H2,38,39,40)/t15-,18-,19-,20+,24-/m1/s1. The summed E-state index contributed by atoms with van der Waals surface area (Å²) in [5, 5.41) is 26.5. The van der Waals surface area contributed by atoms with Gasteiger partial charge in [-0.3, -0.25) is 27.7 Å². The van der Waals surface area contributed by atoms with Crippen molar-refractivity contribution in [1.29, 1.82) is 0 Å². The van der Waals surface area contributed by atoms with Crippen molar-refractivity contribution in [3.8, 4) is 0 Å². The van der Waals surface area contributed by atoms with E-state index in [2.05, 4.69) is 34.4 Å². The number of phosphoric acid groups is 3. The number of unbranched alkanes of at least 4 members (excludes halogenated alkanes) is 1. The second-order valence-corrected chi connectivity index (χ2v) is 17.6. The molecule has 53 heavy (non-hydrogen) atoms. The highest BCUT2D eigenvalue weighted by Crippen LogP contribution is 2.61. The summed E-state index contributed by atoms with van der Waals surface area (Å²) >= 11 is 1.67. The number of phosphoric ester groups is 3. The zero-order chi connectivity index (χ0) is 39.6. The van der Waals surface area contributed by atoms with Crippen LogP contribution in [0.2, 0.25) is 0 Å². The topological polar surface area (TPSA) is 373 Å². The normalized spacial score (nSPS) is 22.3. The molecule has 7 atom stereocenters. The molecule has 1 aliphatic heterocycles. The number of ether oxygens (including phenoxy) is 1. The Labute approximate surface area is 307 Å². The van der Waals surface area contributed by atoms with Crippen LogP contribution >= 0.6 is 35.2 Å². The van der Waals surface area contributed by atoms with Crippen molar-refractivity contribution in [1.82, 2.24) is 30.2 Å². The van der Waals surface area contributed by atoms with Crippen molar-refractivity contribution in [3.63, 3.8) is 0 Å². The number of anilines is 1. The Bertz CT molecular complexity index is 1680.